The van der Waals surface area contributed by atoms with E-state index in [1.54, 1.807) is 6.33 Å². The van der Waals surface area contributed by atoms with Crippen molar-refractivity contribution in [2.75, 3.05) is 11.9 Å². The molecule has 0 aliphatic carbocycles. The first kappa shape index (κ1) is 13.2. The molecule has 0 bridgehead atoms. The van der Waals surface area contributed by atoms with Crippen molar-refractivity contribution >= 4 is 17.4 Å². The zero-order valence-electron chi connectivity index (χ0n) is 10.2. The Kier molecular flexibility index (Phi) is 5.53. The maximum Gasteiger partial charge on any atom is 0.129 e. The number of aromatic nitrogens is 2. The van der Waals surface area contributed by atoms with Gasteiger partial charge in [0.15, 0.2) is 0 Å². The minimum Gasteiger partial charge on any atom is -0.370 e. The van der Waals surface area contributed by atoms with E-state index in [1.165, 1.54) is 0 Å². The number of hydrogen-bond donors (Lipinski definition) is 1. The highest BCUT2D eigenvalue weighted by molar-refractivity contribution is 6.20. The van der Waals surface area contributed by atoms with Gasteiger partial charge in [-0.15, -0.1) is 11.6 Å². The number of rotatable bonds is 6. The number of hydrogen-bond acceptors (Lipinski definition) is 3. The lowest BCUT2D eigenvalue weighted by Crippen LogP contribution is -2.09. The summed E-state index contributed by atoms with van der Waals surface area (Å²) in [7, 11) is 0. The molecule has 0 aromatic carbocycles. The molecule has 90 valence electrons. The Hall–Kier alpha value is -0.830. The van der Waals surface area contributed by atoms with Crippen molar-refractivity contribution in [2.24, 2.45) is 0 Å². The molecule has 1 aromatic rings. The summed E-state index contributed by atoms with van der Waals surface area (Å²) in [4.78, 5) is 8.40. The summed E-state index contributed by atoms with van der Waals surface area (Å²) in [5.41, 5.74) is 1.07. The monoisotopic (exact) mass is 241 g/mol. The van der Waals surface area contributed by atoms with Gasteiger partial charge in [-0.2, -0.15) is 0 Å². The van der Waals surface area contributed by atoms with Gasteiger partial charge in [0, 0.05) is 23.7 Å². The van der Waals surface area contributed by atoms with Crippen molar-refractivity contribution in [1.29, 1.82) is 0 Å². The predicted molar refractivity (Wildman–Crippen MR) is 69.2 cm³/mol. The number of halogens is 1. The van der Waals surface area contributed by atoms with Crippen LogP contribution in [0.4, 0.5) is 5.82 Å². The first-order valence-electron chi connectivity index (χ1n) is 5.83. The minimum atomic E-state index is 0.249. The average Bonchev–Trinajstić information content (AvgIpc) is 2.29. The molecular weight excluding hydrogens is 222 g/mol. The largest absolute Gasteiger partial charge is 0.370 e. The van der Waals surface area contributed by atoms with E-state index in [9.17, 15) is 0 Å². The number of anilines is 1. The molecule has 1 heterocycles. The van der Waals surface area contributed by atoms with Gasteiger partial charge in [0.1, 0.15) is 12.1 Å². The summed E-state index contributed by atoms with van der Waals surface area (Å²) in [6.07, 6.45) is 3.57. The highest BCUT2D eigenvalue weighted by Gasteiger charge is 2.04. The second kappa shape index (κ2) is 6.69. The van der Waals surface area contributed by atoms with Crippen LogP contribution in [0.15, 0.2) is 12.4 Å². The highest BCUT2D eigenvalue weighted by atomic mass is 35.5. The molecule has 3 nitrogen and oxygen atoms in total. The third-order valence-electron chi connectivity index (χ3n) is 2.49. The molecule has 0 saturated carbocycles. The van der Waals surface area contributed by atoms with E-state index < -0.39 is 0 Å². The van der Waals surface area contributed by atoms with E-state index in [0.717, 1.165) is 30.9 Å². The number of nitrogens with one attached hydrogen (secondary N) is 1. The molecule has 0 saturated heterocycles. The Bertz CT molecular complexity index is 315. The normalized spacial score (nSPS) is 12.8. The Morgan fingerprint density at radius 3 is 2.75 bits per heavy atom. The van der Waals surface area contributed by atoms with Gasteiger partial charge < -0.3 is 5.32 Å². The standard InChI is InChI=1S/C12H20ClN3/c1-4-10(13)5-6-14-12-7-11(9(2)3)15-8-16-12/h7-10H,4-6H2,1-3H3,(H,14,15,16). The lowest BCUT2D eigenvalue weighted by Gasteiger charge is -2.10. The van der Waals surface area contributed by atoms with E-state index in [0.29, 0.717) is 5.92 Å². The number of nitrogens with zero attached hydrogens (tertiary/aromatic N) is 2. The number of alkyl halides is 1. The molecular formula is C12H20ClN3. The van der Waals surface area contributed by atoms with Gasteiger partial charge in [-0.1, -0.05) is 20.8 Å². The summed E-state index contributed by atoms with van der Waals surface area (Å²) in [6.45, 7) is 7.20. The van der Waals surface area contributed by atoms with Gasteiger partial charge in [-0.25, -0.2) is 9.97 Å². The van der Waals surface area contributed by atoms with Gasteiger partial charge in [-0.05, 0) is 18.8 Å². The Balaban J connectivity index is 2.45. The summed E-state index contributed by atoms with van der Waals surface area (Å²) in [5, 5.41) is 3.52. The second-order valence-electron chi connectivity index (χ2n) is 4.20. The van der Waals surface area contributed by atoms with Crippen molar-refractivity contribution in [3.05, 3.63) is 18.1 Å². The second-order valence-corrected chi connectivity index (χ2v) is 4.82. The van der Waals surface area contributed by atoms with E-state index in [-0.39, 0.29) is 5.38 Å². The fourth-order valence-electron chi connectivity index (χ4n) is 1.35. The van der Waals surface area contributed by atoms with Crippen LogP contribution < -0.4 is 5.32 Å². The summed E-state index contributed by atoms with van der Waals surface area (Å²) in [5.74, 6) is 1.32. The summed E-state index contributed by atoms with van der Waals surface area (Å²) in [6, 6.07) is 2.00. The molecule has 0 fully saturated rings. The van der Waals surface area contributed by atoms with Crippen LogP contribution in [0.2, 0.25) is 0 Å². The molecule has 0 radical (unpaired) electrons. The first-order valence-corrected chi connectivity index (χ1v) is 6.27. The Morgan fingerprint density at radius 1 is 1.38 bits per heavy atom. The van der Waals surface area contributed by atoms with Crippen LogP contribution in [0.3, 0.4) is 0 Å². The third kappa shape index (κ3) is 4.35. The van der Waals surface area contributed by atoms with Crippen LogP contribution in [-0.4, -0.2) is 21.9 Å². The fourth-order valence-corrected chi connectivity index (χ4v) is 1.45. The van der Waals surface area contributed by atoms with Crippen LogP contribution in [0.1, 0.15) is 45.2 Å². The van der Waals surface area contributed by atoms with Crippen LogP contribution >= 0.6 is 11.6 Å². The quantitative estimate of drug-likeness (QED) is 0.776. The van der Waals surface area contributed by atoms with Gasteiger partial charge in [0.2, 0.25) is 0 Å². The molecule has 1 aromatic heterocycles. The molecule has 1 atom stereocenters. The lowest BCUT2D eigenvalue weighted by molar-refractivity contribution is 0.750. The SMILES string of the molecule is CCC(Cl)CCNc1cc(C(C)C)ncn1. The van der Waals surface area contributed by atoms with Crippen molar-refractivity contribution in [2.45, 2.75) is 44.9 Å². The maximum absolute atomic E-state index is 6.04. The van der Waals surface area contributed by atoms with Gasteiger partial charge >= 0.3 is 0 Å². The average molecular weight is 242 g/mol. The predicted octanol–water partition coefficient (Wildman–Crippen LogP) is 3.42. The molecule has 1 N–H and O–H groups in total. The van der Waals surface area contributed by atoms with Crippen LogP contribution in [0, 0.1) is 0 Å². The molecule has 4 heteroatoms. The first-order chi connectivity index (χ1) is 7.63. The maximum atomic E-state index is 6.04. The highest BCUT2D eigenvalue weighted by Crippen LogP contribution is 2.14. The molecule has 0 spiro atoms. The van der Waals surface area contributed by atoms with E-state index in [4.69, 9.17) is 11.6 Å². The van der Waals surface area contributed by atoms with Gasteiger partial charge in [-0.3, -0.25) is 0 Å². The van der Waals surface area contributed by atoms with E-state index in [2.05, 4.69) is 36.1 Å². The van der Waals surface area contributed by atoms with Crippen molar-refractivity contribution in [1.82, 2.24) is 9.97 Å². The van der Waals surface area contributed by atoms with Gasteiger partial charge in [0.25, 0.3) is 0 Å². The summed E-state index contributed by atoms with van der Waals surface area (Å²) >= 11 is 6.04. The molecule has 0 amide bonds. The Labute approximate surface area is 103 Å². The minimum absolute atomic E-state index is 0.249. The molecule has 0 aliphatic rings. The van der Waals surface area contributed by atoms with Crippen molar-refractivity contribution in [3.8, 4) is 0 Å². The molecule has 1 rings (SSSR count). The van der Waals surface area contributed by atoms with E-state index in [1.807, 2.05) is 6.07 Å². The van der Waals surface area contributed by atoms with E-state index >= 15 is 0 Å². The fraction of sp³-hybridized carbons (Fsp3) is 0.667. The van der Waals surface area contributed by atoms with Crippen LogP contribution in [0.25, 0.3) is 0 Å². The molecule has 16 heavy (non-hydrogen) atoms. The lowest BCUT2D eigenvalue weighted by atomic mass is 10.1. The van der Waals surface area contributed by atoms with Crippen molar-refractivity contribution in [3.63, 3.8) is 0 Å². The Morgan fingerprint density at radius 2 is 2.12 bits per heavy atom. The van der Waals surface area contributed by atoms with Crippen LogP contribution in [-0.2, 0) is 0 Å². The smallest absolute Gasteiger partial charge is 0.129 e. The zero-order valence-corrected chi connectivity index (χ0v) is 11.0. The topological polar surface area (TPSA) is 37.8 Å². The molecule has 1 unspecified atom stereocenters. The van der Waals surface area contributed by atoms with Crippen molar-refractivity contribution < 1.29 is 0 Å². The summed E-state index contributed by atoms with van der Waals surface area (Å²) < 4.78 is 0. The molecule has 0 aliphatic heterocycles. The zero-order chi connectivity index (χ0) is 12.0. The van der Waals surface area contributed by atoms with Crippen LogP contribution in [0.5, 0.6) is 0 Å². The third-order valence-corrected chi connectivity index (χ3v) is 3.01. The van der Waals surface area contributed by atoms with Gasteiger partial charge in [0.05, 0.1) is 0 Å².